The third-order valence-corrected chi connectivity index (χ3v) is 6.35. The molecule has 0 fully saturated rings. The summed E-state index contributed by atoms with van der Waals surface area (Å²) in [6.45, 7) is 2.35. The second kappa shape index (κ2) is 8.70. The van der Waals surface area contributed by atoms with Crippen LogP contribution in [0.3, 0.4) is 0 Å². The van der Waals surface area contributed by atoms with Crippen LogP contribution in [0.15, 0.2) is 36.4 Å². The van der Waals surface area contributed by atoms with Crippen molar-refractivity contribution in [3.63, 3.8) is 0 Å². The molecule has 0 unspecified atom stereocenters. The van der Waals surface area contributed by atoms with Gasteiger partial charge in [-0.25, -0.2) is 8.42 Å². The molecule has 0 spiro atoms. The van der Waals surface area contributed by atoms with E-state index in [1.165, 1.54) is 24.1 Å². The average molecular weight is 434 g/mol. The molecule has 0 saturated carbocycles. The molecule has 1 aliphatic rings. The number of benzene rings is 2. The number of nitro groups is 1. The first-order valence-corrected chi connectivity index (χ1v) is 11.1. The smallest absolute Gasteiger partial charge is 0.282 e. The number of hydrogen-bond acceptors (Lipinski definition) is 7. The average Bonchev–Trinajstić information content (AvgIpc) is 3.02. The number of hydrogen-bond donors (Lipinski definition) is 0. The Labute approximate surface area is 174 Å². The molecule has 0 N–H and O–H groups in total. The summed E-state index contributed by atoms with van der Waals surface area (Å²) in [6, 6.07) is 9.36. The van der Waals surface area contributed by atoms with Gasteiger partial charge in [0.05, 0.1) is 30.1 Å². The molecular formula is C20H22N2O7S. The summed E-state index contributed by atoms with van der Waals surface area (Å²) in [5.41, 5.74) is 0.856. The molecule has 0 saturated heterocycles. The quantitative estimate of drug-likeness (QED) is 0.440. The largest absolute Gasteiger partial charge is 0.493 e. The van der Waals surface area contributed by atoms with Crippen LogP contribution < -0.4 is 9.47 Å². The van der Waals surface area contributed by atoms with E-state index in [0.29, 0.717) is 29.2 Å². The molecular weight excluding hydrogens is 412 g/mol. The van der Waals surface area contributed by atoms with Crippen LogP contribution in [0.2, 0.25) is 0 Å². The van der Waals surface area contributed by atoms with Gasteiger partial charge in [-0.2, -0.15) is 0 Å². The van der Waals surface area contributed by atoms with E-state index < -0.39 is 20.7 Å². The van der Waals surface area contributed by atoms with Gasteiger partial charge in [-0.05, 0) is 30.2 Å². The fraction of sp³-hybridized carbons (Fsp3) is 0.350. The zero-order chi connectivity index (χ0) is 21.9. The summed E-state index contributed by atoms with van der Waals surface area (Å²) in [5.74, 6) is -0.0105. The van der Waals surface area contributed by atoms with Gasteiger partial charge in [-0.15, -0.1) is 0 Å². The molecule has 1 heterocycles. The van der Waals surface area contributed by atoms with E-state index in [-0.39, 0.29) is 35.8 Å². The van der Waals surface area contributed by atoms with E-state index in [4.69, 9.17) is 9.47 Å². The number of sulfone groups is 1. The Morgan fingerprint density at radius 1 is 1.20 bits per heavy atom. The molecule has 0 atom stereocenters. The number of amides is 1. The molecule has 1 aliphatic heterocycles. The first-order chi connectivity index (χ1) is 14.3. The lowest BCUT2D eigenvalue weighted by atomic mass is 10.1. The number of ether oxygens (including phenoxy) is 2. The van der Waals surface area contributed by atoms with Crippen molar-refractivity contribution < 1.29 is 27.6 Å². The van der Waals surface area contributed by atoms with E-state index in [2.05, 4.69) is 0 Å². The van der Waals surface area contributed by atoms with Crippen LogP contribution in [0.5, 0.6) is 11.5 Å². The van der Waals surface area contributed by atoms with Gasteiger partial charge in [0, 0.05) is 19.2 Å². The topological polar surface area (TPSA) is 116 Å². The predicted octanol–water partition coefficient (Wildman–Crippen LogP) is 2.57. The van der Waals surface area contributed by atoms with Crippen LogP contribution in [0.4, 0.5) is 5.69 Å². The maximum absolute atomic E-state index is 12.6. The first-order valence-electron chi connectivity index (χ1n) is 9.31. The zero-order valence-electron chi connectivity index (χ0n) is 16.7. The van der Waals surface area contributed by atoms with E-state index in [1.807, 2.05) is 6.92 Å². The maximum Gasteiger partial charge on any atom is 0.282 e. The normalized spacial score (nSPS) is 13.3. The third kappa shape index (κ3) is 4.54. The van der Waals surface area contributed by atoms with Crippen molar-refractivity contribution >= 4 is 21.4 Å². The minimum atomic E-state index is -3.53. The van der Waals surface area contributed by atoms with Gasteiger partial charge in [0.25, 0.3) is 11.6 Å². The summed E-state index contributed by atoms with van der Waals surface area (Å²) in [7, 11) is -2.03. The summed E-state index contributed by atoms with van der Waals surface area (Å²) < 4.78 is 35.9. The van der Waals surface area contributed by atoms with Gasteiger partial charge >= 0.3 is 0 Å². The molecule has 0 aromatic heterocycles. The number of carbonyl (C=O) groups excluding carboxylic acids is 1. The van der Waals surface area contributed by atoms with Crippen molar-refractivity contribution in [3.8, 4) is 11.5 Å². The highest BCUT2D eigenvalue weighted by Gasteiger charge is 2.34. The molecule has 9 nitrogen and oxygen atoms in total. The highest BCUT2D eigenvalue weighted by Crippen LogP contribution is 2.31. The Bertz CT molecular complexity index is 1080. The van der Waals surface area contributed by atoms with Crippen molar-refractivity contribution in [3.05, 3.63) is 63.2 Å². The van der Waals surface area contributed by atoms with E-state index >= 15 is 0 Å². The number of carbonyl (C=O) groups is 1. The number of methoxy groups -OCH3 is 1. The molecule has 0 aliphatic carbocycles. The highest BCUT2D eigenvalue weighted by molar-refractivity contribution is 7.90. The fourth-order valence-corrected chi connectivity index (χ4v) is 4.72. The van der Waals surface area contributed by atoms with Gasteiger partial charge in [0.15, 0.2) is 21.3 Å². The molecule has 3 rings (SSSR count). The van der Waals surface area contributed by atoms with Crippen molar-refractivity contribution in [2.24, 2.45) is 0 Å². The molecule has 2 aromatic rings. The minimum absolute atomic E-state index is 0.0383. The van der Waals surface area contributed by atoms with Crippen molar-refractivity contribution in [2.75, 3.05) is 26.0 Å². The van der Waals surface area contributed by atoms with Crippen molar-refractivity contribution in [2.45, 2.75) is 19.2 Å². The number of fused-ring (bicyclic) bond motifs is 1. The second-order valence-corrected chi connectivity index (χ2v) is 8.99. The lowest BCUT2D eigenvalue weighted by molar-refractivity contribution is -0.385. The van der Waals surface area contributed by atoms with E-state index in [9.17, 15) is 23.3 Å². The molecule has 0 radical (unpaired) electrons. The Morgan fingerprint density at radius 3 is 2.63 bits per heavy atom. The molecule has 2 aromatic carbocycles. The maximum atomic E-state index is 12.6. The van der Waals surface area contributed by atoms with Gasteiger partial charge in [0.2, 0.25) is 0 Å². The van der Waals surface area contributed by atoms with Crippen molar-refractivity contribution in [1.82, 2.24) is 4.90 Å². The van der Waals surface area contributed by atoms with Gasteiger partial charge in [0.1, 0.15) is 5.56 Å². The first kappa shape index (κ1) is 21.6. The standard InChI is InChI=1S/C20H22N2O7S/c1-3-29-18-11-14(7-8-17(18)28-2)13-30(26,27)10-9-21-12-15-5-4-6-16(22(24)25)19(15)20(21)23/h4-8,11H,3,9-10,12-13H2,1-2H3. The number of nitrogens with zero attached hydrogens (tertiary/aromatic N) is 2. The summed E-state index contributed by atoms with van der Waals surface area (Å²) in [6.07, 6.45) is 0. The zero-order valence-corrected chi connectivity index (χ0v) is 17.5. The monoisotopic (exact) mass is 434 g/mol. The highest BCUT2D eigenvalue weighted by atomic mass is 32.2. The lowest BCUT2D eigenvalue weighted by Crippen LogP contribution is -2.30. The fourth-order valence-electron chi connectivity index (χ4n) is 3.39. The van der Waals surface area contributed by atoms with Crippen LogP contribution in [0.25, 0.3) is 0 Å². The Hall–Kier alpha value is -3.14. The molecule has 10 heteroatoms. The molecule has 30 heavy (non-hydrogen) atoms. The second-order valence-electron chi connectivity index (χ2n) is 6.81. The molecule has 0 bridgehead atoms. The summed E-state index contributed by atoms with van der Waals surface area (Å²) in [5, 5.41) is 11.2. The minimum Gasteiger partial charge on any atom is -0.493 e. The lowest BCUT2D eigenvalue weighted by Gasteiger charge is -2.16. The summed E-state index contributed by atoms with van der Waals surface area (Å²) in [4.78, 5) is 24.5. The van der Waals surface area contributed by atoms with E-state index in [0.717, 1.165) is 0 Å². The Morgan fingerprint density at radius 2 is 1.97 bits per heavy atom. The van der Waals surface area contributed by atoms with Gasteiger partial charge in [-0.3, -0.25) is 14.9 Å². The van der Waals surface area contributed by atoms with Gasteiger partial charge < -0.3 is 14.4 Å². The third-order valence-electron chi connectivity index (χ3n) is 4.77. The van der Waals surface area contributed by atoms with Gasteiger partial charge in [-0.1, -0.05) is 18.2 Å². The number of nitro benzene ring substituents is 1. The SMILES string of the molecule is CCOc1cc(CS(=O)(=O)CCN2Cc3cccc([N+](=O)[O-])c3C2=O)ccc1OC. The Kier molecular flexibility index (Phi) is 6.25. The van der Waals surface area contributed by atoms with Crippen LogP contribution in [0, 0.1) is 10.1 Å². The summed E-state index contributed by atoms with van der Waals surface area (Å²) >= 11 is 0. The van der Waals surface area contributed by atoms with Crippen LogP contribution in [-0.4, -0.2) is 50.2 Å². The van der Waals surface area contributed by atoms with E-state index in [1.54, 1.807) is 24.3 Å². The predicted molar refractivity (Wildman–Crippen MR) is 109 cm³/mol. The molecule has 1 amide bonds. The molecule has 160 valence electrons. The van der Waals surface area contributed by atoms with Crippen LogP contribution in [0.1, 0.15) is 28.4 Å². The van der Waals surface area contributed by atoms with Crippen molar-refractivity contribution in [1.29, 1.82) is 0 Å². The number of rotatable bonds is 9. The van der Waals surface area contributed by atoms with Crippen LogP contribution >= 0.6 is 0 Å². The van der Waals surface area contributed by atoms with Crippen LogP contribution in [-0.2, 0) is 22.1 Å². The Balaban J connectivity index is 1.69.